The molecule has 0 radical (unpaired) electrons. The molecule has 2 aromatic rings. The quantitative estimate of drug-likeness (QED) is 0.892. The summed E-state index contributed by atoms with van der Waals surface area (Å²) in [5.41, 5.74) is 2.73. The predicted molar refractivity (Wildman–Crippen MR) is 82.3 cm³/mol. The minimum Gasteiger partial charge on any atom is -0.389 e. The monoisotopic (exact) mass is 305 g/mol. The third kappa shape index (κ3) is 4.14. The molecule has 0 aliphatic carbocycles. The first-order valence-corrected chi connectivity index (χ1v) is 8.20. The topological polar surface area (TPSA) is 66.4 Å². The molecule has 0 aromatic heterocycles. The lowest BCUT2D eigenvalue weighted by Gasteiger charge is -2.09. The SMILES string of the molecule is Cc1ccc(CNS(=O)(=O)c2ccc(C(C)O)cc2)cc1. The normalized spacial score (nSPS) is 13.1. The molecule has 2 rings (SSSR count). The summed E-state index contributed by atoms with van der Waals surface area (Å²) in [6, 6.07) is 13.9. The summed E-state index contributed by atoms with van der Waals surface area (Å²) in [7, 11) is -3.54. The van der Waals surface area contributed by atoms with Crippen LogP contribution >= 0.6 is 0 Å². The van der Waals surface area contributed by atoms with Crippen molar-refractivity contribution in [1.29, 1.82) is 0 Å². The van der Waals surface area contributed by atoms with Crippen LogP contribution in [0.25, 0.3) is 0 Å². The maximum atomic E-state index is 12.2. The zero-order valence-electron chi connectivity index (χ0n) is 12.1. The van der Waals surface area contributed by atoms with Gasteiger partial charge in [0.15, 0.2) is 0 Å². The summed E-state index contributed by atoms with van der Waals surface area (Å²) in [5, 5.41) is 9.43. The van der Waals surface area contributed by atoms with E-state index in [9.17, 15) is 13.5 Å². The van der Waals surface area contributed by atoms with Gasteiger partial charge in [0.2, 0.25) is 10.0 Å². The summed E-state index contributed by atoms with van der Waals surface area (Å²) >= 11 is 0. The molecular formula is C16H19NO3S. The Labute approximate surface area is 125 Å². The van der Waals surface area contributed by atoms with Gasteiger partial charge in [0.25, 0.3) is 0 Å². The van der Waals surface area contributed by atoms with Gasteiger partial charge in [-0.05, 0) is 37.1 Å². The standard InChI is InChI=1S/C16H19NO3S/c1-12-3-5-14(6-4-12)11-17-21(19,20)16-9-7-15(8-10-16)13(2)18/h3-10,13,17-18H,11H2,1-2H3. The van der Waals surface area contributed by atoms with E-state index in [0.29, 0.717) is 5.56 Å². The molecule has 4 nitrogen and oxygen atoms in total. The van der Waals surface area contributed by atoms with Crippen molar-refractivity contribution in [3.05, 3.63) is 65.2 Å². The van der Waals surface area contributed by atoms with E-state index in [-0.39, 0.29) is 11.4 Å². The van der Waals surface area contributed by atoms with E-state index in [1.54, 1.807) is 19.1 Å². The minimum absolute atomic E-state index is 0.194. The third-order valence-electron chi connectivity index (χ3n) is 3.26. The van der Waals surface area contributed by atoms with Gasteiger partial charge in [-0.15, -0.1) is 0 Å². The number of benzene rings is 2. The van der Waals surface area contributed by atoms with Crippen molar-refractivity contribution >= 4 is 10.0 Å². The van der Waals surface area contributed by atoms with Crippen LogP contribution in [-0.4, -0.2) is 13.5 Å². The van der Waals surface area contributed by atoms with E-state index >= 15 is 0 Å². The van der Waals surface area contributed by atoms with Crippen LogP contribution in [0.1, 0.15) is 29.7 Å². The molecule has 112 valence electrons. The van der Waals surface area contributed by atoms with E-state index in [0.717, 1.165) is 11.1 Å². The predicted octanol–water partition coefficient (Wildman–Crippen LogP) is 2.53. The molecule has 2 N–H and O–H groups in total. The fourth-order valence-electron chi connectivity index (χ4n) is 1.89. The zero-order valence-corrected chi connectivity index (χ0v) is 12.9. The number of nitrogens with one attached hydrogen (secondary N) is 1. The van der Waals surface area contributed by atoms with Crippen molar-refractivity contribution in [3.8, 4) is 0 Å². The first-order valence-electron chi connectivity index (χ1n) is 6.72. The molecule has 1 atom stereocenters. The van der Waals surface area contributed by atoms with E-state index < -0.39 is 16.1 Å². The summed E-state index contributed by atoms with van der Waals surface area (Å²) in [6.07, 6.45) is -0.609. The highest BCUT2D eigenvalue weighted by atomic mass is 32.2. The summed E-state index contributed by atoms with van der Waals surface area (Å²) < 4.78 is 26.9. The molecule has 0 spiro atoms. The second kappa shape index (κ2) is 6.39. The maximum absolute atomic E-state index is 12.2. The number of hydrogen-bond donors (Lipinski definition) is 2. The van der Waals surface area contributed by atoms with Crippen molar-refractivity contribution in [2.75, 3.05) is 0 Å². The molecule has 0 amide bonds. The molecule has 0 heterocycles. The van der Waals surface area contributed by atoms with Gasteiger partial charge in [-0.1, -0.05) is 42.0 Å². The van der Waals surface area contributed by atoms with Crippen LogP contribution in [0.5, 0.6) is 0 Å². The van der Waals surface area contributed by atoms with Crippen molar-refractivity contribution in [2.45, 2.75) is 31.4 Å². The highest BCUT2D eigenvalue weighted by Crippen LogP contribution is 2.16. The molecule has 0 saturated carbocycles. The molecular weight excluding hydrogens is 286 g/mol. The van der Waals surface area contributed by atoms with Gasteiger partial charge in [0.05, 0.1) is 11.0 Å². The number of sulfonamides is 1. The first-order chi connectivity index (χ1) is 9.88. The largest absolute Gasteiger partial charge is 0.389 e. The molecule has 2 aromatic carbocycles. The molecule has 21 heavy (non-hydrogen) atoms. The van der Waals surface area contributed by atoms with Crippen LogP contribution in [0.2, 0.25) is 0 Å². The smallest absolute Gasteiger partial charge is 0.240 e. The van der Waals surface area contributed by atoms with Crippen LogP contribution in [-0.2, 0) is 16.6 Å². The van der Waals surface area contributed by atoms with E-state index in [1.807, 2.05) is 31.2 Å². The van der Waals surface area contributed by atoms with Crippen molar-refractivity contribution in [3.63, 3.8) is 0 Å². The number of rotatable bonds is 5. The highest BCUT2D eigenvalue weighted by molar-refractivity contribution is 7.89. The van der Waals surface area contributed by atoms with Gasteiger partial charge in [-0.3, -0.25) is 0 Å². The van der Waals surface area contributed by atoms with Gasteiger partial charge in [0.1, 0.15) is 0 Å². The van der Waals surface area contributed by atoms with Crippen LogP contribution < -0.4 is 4.72 Å². The summed E-state index contributed by atoms with van der Waals surface area (Å²) in [4.78, 5) is 0.194. The number of aliphatic hydroxyl groups is 1. The van der Waals surface area contributed by atoms with Crippen LogP contribution in [0.15, 0.2) is 53.4 Å². The lowest BCUT2D eigenvalue weighted by molar-refractivity contribution is 0.199. The molecule has 0 aliphatic rings. The maximum Gasteiger partial charge on any atom is 0.240 e. The van der Waals surface area contributed by atoms with Crippen LogP contribution in [0, 0.1) is 6.92 Å². The average Bonchev–Trinajstić information content (AvgIpc) is 2.47. The Morgan fingerprint density at radius 2 is 1.62 bits per heavy atom. The Kier molecular flexibility index (Phi) is 4.77. The lowest BCUT2D eigenvalue weighted by atomic mass is 10.1. The minimum atomic E-state index is -3.54. The Balaban J connectivity index is 2.09. The van der Waals surface area contributed by atoms with Crippen LogP contribution in [0.3, 0.4) is 0 Å². The van der Waals surface area contributed by atoms with Crippen molar-refractivity contribution in [1.82, 2.24) is 4.72 Å². The Morgan fingerprint density at radius 3 is 2.14 bits per heavy atom. The Bertz CT molecular complexity index is 689. The molecule has 5 heteroatoms. The van der Waals surface area contributed by atoms with Gasteiger partial charge in [-0.2, -0.15) is 0 Å². The van der Waals surface area contributed by atoms with Crippen molar-refractivity contribution < 1.29 is 13.5 Å². The highest BCUT2D eigenvalue weighted by Gasteiger charge is 2.14. The van der Waals surface area contributed by atoms with Crippen LogP contribution in [0.4, 0.5) is 0 Å². The second-order valence-corrected chi connectivity index (χ2v) is 6.82. The molecule has 0 saturated heterocycles. The zero-order chi connectivity index (χ0) is 15.5. The fourth-order valence-corrected chi connectivity index (χ4v) is 2.91. The molecule has 0 bridgehead atoms. The molecule has 0 fully saturated rings. The van der Waals surface area contributed by atoms with E-state index in [2.05, 4.69) is 4.72 Å². The first kappa shape index (κ1) is 15.7. The Morgan fingerprint density at radius 1 is 1.05 bits per heavy atom. The van der Waals surface area contributed by atoms with Gasteiger partial charge in [-0.25, -0.2) is 13.1 Å². The average molecular weight is 305 g/mol. The Hall–Kier alpha value is -1.69. The van der Waals surface area contributed by atoms with Gasteiger partial charge < -0.3 is 5.11 Å². The van der Waals surface area contributed by atoms with Gasteiger partial charge in [0, 0.05) is 6.54 Å². The number of hydrogen-bond acceptors (Lipinski definition) is 3. The van der Waals surface area contributed by atoms with Gasteiger partial charge >= 0.3 is 0 Å². The van der Waals surface area contributed by atoms with E-state index in [1.165, 1.54) is 12.1 Å². The molecule has 1 unspecified atom stereocenters. The summed E-state index contributed by atoms with van der Waals surface area (Å²) in [6.45, 7) is 3.87. The number of aliphatic hydroxyl groups excluding tert-OH is 1. The second-order valence-electron chi connectivity index (χ2n) is 5.06. The lowest BCUT2D eigenvalue weighted by Crippen LogP contribution is -2.23. The number of aryl methyl sites for hydroxylation is 1. The fraction of sp³-hybridized carbons (Fsp3) is 0.250. The molecule has 0 aliphatic heterocycles. The van der Waals surface area contributed by atoms with E-state index in [4.69, 9.17) is 0 Å². The summed E-state index contributed by atoms with van der Waals surface area (Å²) in [5.74, 6) is 0. The third-order valence-corrected chi connectivity index (χ3v) is 4.68. The van der Waals surface area contributed by atoms with Crippen molar-refractivity contribution in [2.24, 2.45) is 0 Å².